The number of nitriles is 1. The van der Waals surface area contributed by atoms with Gasteiger partial charge in [-0.3, -0.25) is 20.3 Å². The smallest absolute Gasteiger partial charge is 0.246 e. The lowest BCUT2D eigenvalue weighted by Crippen LogP contribution is -2.73. The number of rotatable bonds is 7. The van der Waals surface area contributed by atoms with Gasteiger partial charge in [-0.1, -0.05) is 12.6 Å². The highest BCUT2D eigenvalue weighted by Crippen LogP contribution is 2.46. The molecule has 10 heteroatoms. The Morgan fingerprint density at radius 3 is 2.88 bits per heavy atom. The zero-order valence-electron chi connectivity index (χ0n) is 25.1. The lowest BCUT2D eigenvalue weighted by molar-refractivity contribution is -0.139. The molecular formula is C32H46N6O4. The number of nitrogens with one attached hydrogen (secondary N) is 2. The van der Waals surface area contributed by atoms with Crippen LogP contribution in [-0.2, 0) is 16.0 Å². The fourth-order valence-electron chi connectivity index (χ4n) is 7.99. The first-order valence-electron chi connectivity index (χ1n) is 15.7. The third kappa shape index (κ3) is 5.90. The van der Waals surface area contributed by atoms with Crippen LogP contribution in [0.4, 0.5) is 0 Å². The molecule has 10 nitrogen and oxygen atoms in total. The number of likely N-dealkylation sites (tertiary alicyclic amines) is 1. The van der Waals surface area contributed by atoms with Crippen LogP contribution in [0.25, 0.3) is 0 Å². The molecule has 6 unspecified atom stereocenters. The van der Waals surface area contributed by atoms with Gasteiger partial charge in [0.1, 0.15) is 17.1 Å². The highest BCUT2D eigenvalue weighted by atomic mass is 16.5. The summed E-state index contributed by atoms with van der Waals surface area (Å²) in [6, 6.07) is 8.97. The summed E-state index contributed by atoms with van der Waals surface area (Å²) >= 11 is 0. The fourth-order valence-corrected chi connectivity index (χ4v) is 7.99. The van der Waals surface area contributed by atoms with E-state index in [9.17, 15) is 10.1 Å². The van der Waals surface area contributed by atoms with E-state index in [0.717, 1.165) is 63.1 Å². The van der Waals surface area contributed by atoms with Crippen LogP contribution in [0.1, 0.15) is 50.5 Å². The van der Waals surface area contributed by atoms with Crippen LogP contribution in [0.15, 0.2) is 30.9 Å². The average Bonchev–Trinajstić information content (AvgIpc) is 3.43. The predicted octanol–water partition coefficient (Wildman–Crippen LogP) is 2.45. The van der Waals surface area contributed by atoms with Gasteiger partial charge in [0.2, 0.25) is 5.91 Å². The zero-order valence-corrected chi connectivity index (χ0v) is 25.1. The van der Waals surface area contributed by atoms with Crippen LogP contribution < -0.4 is 20.1 Å². The molecule has 0 radical (unpaired) electrons. The van der Waals surface area contributed by atoms with Gasteiger partial charge in [0.05, 0.1) is 38.4 Å². The van der Waals surface area contributed by atoms with Gasteiger partial charge in [-0.2, -0.15) is 5.26 Å². The van der Waals surface area contributed by atoms with Crippen molar-refractivity contribution in [2.24, 2.45) is 5.92 Å². The van der Waals surface area contributed by atoms with Gasteiger partial charge >= 0.3 is 0 Å². The number of benzene rings is 1. The highest BCUT2D eigenvalue weighted by Gasteiger charge is 2.51. The first-order valence-corrected chi connectivity index (χ1v) is 15.7. The number of likely N-dealkylation sites (N-methyl/N-ethyl adjacent to an activating group) is 1. The number of hydrogen-bond donors (Lipinski definition) is 2. The number of methoxy groups -OCH3 is 1. The van der Waals surface area contributed by atoms with Crippen molar-refractivity contribution >= 4 is 5.91 Å². The van der Waals surface area contributed by atoms with Crippen molar-refractivity contribution in [1.29, 1.82) is 5.26 Å². The van der Waals surface area contributed by atoms with Crippen molar-refractivity contribution in [1.82, 2.24) is 25.3 Å². The molecule has 1 spiro atoms. The maximum absolute atomic E-state index is 12.6. The second-order valence-electron chi connectivity index (χ2n) is 12.8. The first-order chi connectivity index (χ1) is 20.4. The Morgan fingerprint density at radius 2 is 2.12 bits per heavy atom. The van der Waals surface area contributed by atoms with Crippen molar-refractivity contribution in [3.63, 3.8) is 0 Å². The van der Waals surface area contributed by atoms with Crippen LogP contribution in [0, 0.1) is 17.2 Å². The van der Waals surface area contributed by atoms with E-state index in [2.05, 4.69) is 46.2 Å². The molecule has 42 heavy (non-hydrogen) atoms. The molecule has 3 saturated heterocycles. The Balaban J connectivity index is 1.21. The Labute approximate surface area is 249 Å². The van der Waals surface area contributed by atoms with Crippen molar-refractivity contribution in [3.8, 4) is 17.6 Å². The van der Waals surface area contributed by atoms with Crippen LogP contribution in [0.2, 0.25) is 0 Å². The van der Waals surface area contributed by atoms with Gasteiger partial charge < -0.3 is 24.0 Å². The predicted molar refractivity (Wildman–Crippen MR) is 159 cm³/mol. The van der Waals surface area contributed by atoms with E-state index in [4.69, 9.17) is 14.2 Å². The van der Waals surface area contributed by atoms with Crippen LogP contribution in [-0.4, -0.2) is 104 Å². The average molecular weight is 579 g/mol. The van der Waals surface area contributed by atoms with Crippen LogP contribution >= 0.6 is 0 Å². The quantitative estimate of drug-likeness (QED) is 0.473. The minimum atomic E-state index is -0.279. The highest BCUT2D eigenvalue weighted by molar-refractivity contribution is 5.87. The van der Waals surface area contributed by atoms with Crippen LogP contribution in [0.3, 0.4) is 0 Å². The van der Waals surface area contributed by atoms with Gasteiger partial charge in [0.25, 0.3) is 0 Å². The van der Waals surface area contributed by atoms with E-state index in [0.29, 0.717) is 38.1 Å². The summed E-state index contributed by atoms with van der Waals surface area (Å²) < 4.78 is 18.9. The second-order valence-corrected chi connectivity index (χ2v) is 12.8. The molecule has 228 valence electrons. The SMILES string of the molecule is C=CC(=O)N1CCN(C2NC(OCC3CCCN3C)NC3C[C@]4(CCc5ccc(OC)cc5O4)CCC32)CC1CC#N. The molecule has 7 atom stereocenters. The normalized spacial score (nSPS) is 35.1. The molecule has 0 aromatic heterocycles. The topological polar surface area (TPSA) is 102 Å². The number of carbonyl (C=O) groups is 1. The molecule has 1 saturated carbocycles. The number of ether oxygens (including phenoxy) is 3. The molecule has 4 heterocycles. The number of aryl methyl sites for hydroxylation is 1. The summed E-state index contributed by atoms with van der Waals surface area (Å²) in [5.74, 6) is 2.03. The largest absolute Gasteiger partial charge is 0.497 e. The molecule has 6 rings (SSSR count). The molecule has 4 aliphatic heterocycles. The van der Waals surface area contributed by atoms with Crippen molar-refractivity contribution in [2.75, 3.05) is 46.9 Å². The van der Waals surface area contributed by atoms with Crippen molar-refractivity contribution in [3.05, 3.63) is 36.4 Å². The number of nitrogens with zero attached hydrogens (tertiary/aromatic N) is 4. The summed E-state index contributed by atoms with van der Waals surface area (Å²) in [4.78, 5) is 19.2. The van der Waals surface area contributed by atoms with Gasteiger partial charge in [0.15, 0.2) is 6.35 Å². The molecule has 2 N–H and O–H groups in total. The minimum Gasteiger partial charge on any atom is -0.497 e. The first kappa shape index (κ1) is 29.4. The third-order valence-electron chi connectivity index (χ3n) is 10.4. The van der Waals surface area contributed by atoms with Crippen molar-refractivity contribution in [2.45, 2.75) is 87.6 Å². The fraction of sp³-hybridized carbons (Fsp3) is 0.688. The van der Waals surface area contributed by atoms with Crippen LogP contribution in [0.5, 0.6) is 11.5 Å². The number of piperazine rings is 1. The van der Waals surface area contributed by atoms with Gasteiger partial charge in [-0.05, 0) is 69.8 Å². The number of hydrogen-bond acceptors (Lipinski definition) is 9. The molecule has 1 amide bonds. The lowest BCUT2D eigenvalue weighted by Gasteiger charge is -2.55. The molecule has 1 aromatic carbocycles. The van der Waals surface area contributed by atoms with Gasteiger partial charge in [-0.15, -0.1) is 0 Å². The Hall–Kier alpha value is -2.68. The van der Waals surface area contributed by atoms with E-state index in [1.807, 2.05) is 17.0 Å². The Kier molecular flexibility index (Phi) is 8.75. The van der Waals surface area contributed by atoms with Crippen molar-refractivity contribution < 1.29 is 19.0 Å². The van der Waals surface area contributed by atoms with E-state index in [-0.39, 0.29) is 36.1 Å². The zero-order chi connectivity index (χ0) is 29.3. The number of fused-ring (bicyclic) bond motifs is 2. The summed E-state index contributed by atoms with van der Waals surface area (Å²) in [6.07, 6.45) is 8.76. The Morgan fingerprint density at radius 1 is 1.24 bits per heavy atom. The van der Waals surface area contributed by atoms with E-state index in [1.165, 1.54) is 18.1 Å². The van der Waals surface area contributed by atoms with E-state index >= 15 is 0 Å². The second kappa shape index (κ2) is 12.5. The Bertz CT molecular complexity index is 1190. The number of amides is 1. The van der Waals surface area contributed by atoms with E-state index in [1.54, 1.807) is 7.11 Å². The summed E-state index contributed by atoms with van der Waals surface area (Å²) in [5, 5.41) is 17.2. The third-order valence-corrected chi connectivity index (χ3v) is 10.4. The maximum Gasteiger partial charge on any atom is 0.246 e. The summed E-state index contributed by atoms with van der Waals surface area (Å²) in [7, 11) is 3.88. The monoisotopic (exact) mass is 578 g/mol. The molecule has 1 aromatic rings. The molecule has 0 bridgehead atoms. The minimum absolute atomic E-state index is 0.0815. The van der Waals surface area contributed by atoms with E-state index < -0.39 is 0 Å². The summed E-state index contributed by atoms with van der Waals surface area (Å²) in [6.45, 7) is 7.46. The maximum atomic E-state index is 12.6. The number of carbonyl (C=O) groups excluding carboxylic acids is 1. The lowest BCUT2D eigenvalue weighted by atomic mass is 9.70. The molecule has 4 fully saturated rings. The summed E-state index contributed by atoms with van der Waals surface area (Å²) in [5.41, 5.74) is 1.03. The standard InChI is InChI=1S/C32H46N6O4/c1-4-29(39)38-17-16-37(20-23(38)11-14-33)30-26-10-13-32(12-9-22-7-8-25(40-3)18-28(22)42-32)19-27(26)34-31(35-30)41-21-24-6-5-15-36(24)2/h4,7-8,18,23-24,26-27,30-31,34-35H,1,5-6,9-13,15-17,19-21H2,2-3H3/t23?,24?,26?,27?,30?,31?,32-/m0/s1. The van der Waals surface area contributed by atoms with Gasteiger partial charge in [-0.25, -0.2) is 0 Å². The van der Waals surface area contributed by atoms with Gasteiger partial charge in [0, 0.05) is 50.1 Å². The molecular weight excluding hydrogens is 532 g/mol. The molecule has 5 aliphatic rings. The molecule has 1 aliphatic carbocycles.